The Kier molecular flexibility index (Phi) is 7.34. The van der Waals surface area contributed by atoms with E-state index in [2.05, 4.69) is 20.6 Å². The van der Waals surface area contributed by atoms with E-state index in [1.165, 1.54) is 12.1 Å². The lowest BCUT2D eigenvalue weighted by atomic mass is 10.0. The molecule has 2 aromatic heterocycles. The predicted molar refractivity (Wildman–Crippen MR) is 139 cm³/mol. The molecule has 0 unspecified atom stereocenters. The number of hydrogen-bond donors (Lipinski definition) is 1. The van der Waals surface area contributed by atoms with Gasteiger partial charge in [-0.2, -0.15) is 0 Å². The summed E-state index contributed by atoms with van der Waals surface area (Å²) in [6.07, 6.45) is 3.32. The molecule has 1 aliphatic heterocycles. The fourth-order valence-corrected chi connectivity index (χ4v) is 5.19. The normalized spacial score (nSPS) is 14.5. The molecule has 0 saturated carbocycles. The van der Waals surface area contributed by atoms with Crippen molar-refractivity contribution in [2.45, 2.75) is 25.4 Å². The second-order valence-electron chi connectivity index (χ2n) is 8.82. The Labute approximate surface area is 213 Å². The number of carbonyl (C=O) groups is 1. The van der Waals surface area contributed by atoms with Crippen LogP contribution in [0.4, 0.5) is 4.39 Å². The number of aromatic nitrogens is 2. The topological polar surface area (TPSA) is 67.3 Å². The van der Waals surface area contributed by atoms with Crippen LogP contribution in [0, 0.1) is 5.82 Å². The lowest BCUT2D eigenvalue weighted by Gasteiger charge is -2.31. The molecule has 8 heteroatoms. The molecule has 1 aliphatic rings. The van der Waals surface area contributed by atoms with Gasteiger partial charge in [-0.15, -0.1) is 11.3 Å². The number of carbonyl (C=O) groups excluding carboxylic acids is 1. The van der Waals surface area contributed by atoms with E-state index in [1.807, 2.05) is 24.3 Å². The number of ether oxygens (including phenoxy) is 1. The summed E-state index contributed by atoms with van der Waals surface area (Å²) in [7, 11) is 1.67. The fourth-order valence-electron chi connectivity index (χ4n) is 4.34. The van der Waals surface area contributed by atoms with E-state index in [0.29, 0.717) is 16.8 Å². The highest BCUT2D eigenvalue weighted by Crippen LogP contribution is 2.26. The Bertz CT molecular complexity index is 1330. The number of nitrogens with one attached hydrogen (secondary N) is 1. The van der Waals surface area contributed by atoms with Gasteiger partial charge in [-0.25, -0.2) is 9.37 Å². The molecule has 3 heterocycles. The average molecular weight is 503 g/mol. The summed E-state index contributed by atoms with van der Waals surface area (Å²) in [6.45, 7) is 2.60. The number of halogens is 1. The van der Waals surface area contributed by atoms with E-state index >= 15 is 0 Å². The molecule has 5 rings (SSSR count). The third kappa shape index (κ3) is 5.78. The minimum absolute atomic E-state index is 0.125. The largest absolute Gasteiger partial charge is 0.497 e. The highest BCUT2D eigenvalue weighted by Gasteiger charge is 2.22. The number of methoxy groups -OCH3 is 1. The highest BCUT2D eigenvalue weighted by atomic mass is 32.1. The monoisotopic (exact) mass is 502 g/mol. The van der Waals surface area contributed by atoms with Gasteiger partial charge in [0, 0.05) is 41.8 Å². The number of rotatable bonds is 7. The molecule has 184 valence electrons. The van der Waals surface area contributed by atoms with Crippen molar-refractivity contribution in [3.8, 4) is 28.3 Å². The smallest absolute Gasteiger partial charge is 0.253 e. The van der Waals surface area contributed by atoms with Crippen LogP contribution in [0.2, 0.25) is 0 Å². The number of piperidine rings is 1. The highest BCUT2D eigenvalue weighted by molar-refractivity contribution is 7.09. The van der Waals surface area contributed by atoms with Crippen LogP contribution < -0.4 is 10.1 Å². The van der Waals surface area contributed by atoms with Crippen molar-refractivity contribution in [2.24, 2.45) is 0 Å². The minimum Gasteiger partial charge on any atom is -0.497 e. The Morgan fingerprint density at radius 1 is 1.08 bits per heavy atom. The lowest BCUT2D eigenvalue weighted by Crippen LogP contribution is -2.44. The van der Waals surface area contributed by atoms with Gasteiger partial charge in [0.25, 0.3) is 5.91 Å². The number of benzene rings is 2. The van der Waals surface area contributed by atoms with E-state index in [4.69, 9.17) is 9.72 Å². The second kappa shape index (κ2) is 11.0. The van der Waals surface area contributed by atoms with Crippen molar-refractivity contribution < 1.29 is 13.9 Å². The minimum atomic E-state index is -0.311. The standard InChI is InChI=1S/C28H27FN4O2S/c1-35-24-7-3-5-20(15-24)26-18-36-27(32-26)17-33-12-10-23(11-13-33)31-28(34)21-8-9-25(30-16-21)19-4-2-6-22(29)14-19/h2-9,14-16,18,23H,10-13,17H2,1H3,(H,31,34). The first-order valence-electron chi connectivity index (χ1n) is 11.9. The first-order chi connectivity index (χ1) is 17.6. The van der Waals surface area contributed by atoms with Crippen LogP contribution in [0.1, 0.15) is 28.2 Å². The molecule has 0 bridgehead atoms. The first kappa shape index (κ1) is 24.1. The molecule has 36 heavy (non-hydrogen) atoms. The van der Waals surface area contributed by atoms with Gasteiger partial charge in [0.15, 0.2) is 0 Å². The maximum atomic E-state index is 13.5. The molecule has 1 amide bonds. The zero-order valence-electron chi connectivity index (χ0n) is 20.0. The summed E-state index contributed by atoms with van der Waals surface area (Å²) in [5.74, 6) is 0.383. The second-order valence-corrected chi connectivity index (χ2v) is 9.77. The maximum Gasteiger partial charge on any atom is 0.253 e. The molecule has 1 fully saturated rings. The molecular formula is C28H27FN4O2S. The SMILES string of the molecule is COc1cccc(-c2csc(CN3CCC(NC(=O)c4ccc(-c5cccc(F)c5)nc4)CC3)n2)c1. The van der Waals surface area contributed by atoms with Gasteiger partial charge >= 0.3 is 0 Å². The first-order valence-corrected chi connectivity index (χ1v) is 12.8. The average Bonchev–Trinajstić information content (AvgIpc) is 3.38. The van der Waals surface area contributed by atoms with E-state index in [0.717, 1.165) is 54.5 Å². The number of likely N-dealkylation sites (tertiary alicyclic amines) is 1. The van der Waals surface area contributed by atoms with E-state index in [1.54, 1.807) is 48.9 Å². The predicted octanol–water partition coefficient (Wildman–Crippen LogP) is 5.41. The van der Waals surface area contributed by atoms with Crippen LogP contribution in [-0.4, -0.2) is 47.0 Å². The van der Waals surface area contributed by atoms with Crippen molar-refractivity contribution in [1.82, 2.24) is 20.2 Å². The van der Waals surface area contributed by atoms with Crippen LogP contribution in [0.25, 0.3) is 22.5 Å². The number of nitrogens with zero attached hydrogens (tertiary/aromatic N) is 3. The van der Waals surface area contributed by atoms with Gasteiger partial charge < -0.3 is 10.1 Å². The Hall–Kier alpha value is -3.62. The van der Waals surface area contributed by atoms with Gasteiger partial charge in [-0.1, -0.05) is 24.3 Å². The molecular weight excluding hydrogens is 475 g/mol. The quantitative estimate of drug-likeness (QED) is 0.366. The number of pyridine rings is 1. The maximum absolute atomic E-state index is 13.5. The van der Waals surface area contributed by atoms with E-state index < -0.39 is 0 Å². The van der Waals surface area contributed by atoms with E-state index in [-0.39, 0.29) is 17.8 Å². The molecule has 4 aromatic rings. The van der Waals surface area contributed by atoms with Gasteiger partial charge in [0.05, 0.1) is 30.6 Å². The lowest BCUT2D eigenvalue weighted by molar-refractivity contribution is 0.0908. The summed E-state index contributed by atoms with van der Waals surface area (Å²) in [5.41, 5.74) is 3.84. The van der Waals surface area contributed by atoms with Crippen LogP contribution in [0.3, 0.4) is 0 Å². The third-order valence-corrected chi connectivity index (χ3v) is 7.18. The van der Waals surface area contributed by atoms with Crippen LogP contribution in [-0.2, 0) is 6.54 Å². The molecule has 6 nitrogen and oxygen atoms in total. The molecule has 1 N–H and O–H groups in total. The Morgan fingerprint density at radius 2 is 1.86 bits per heavy atom. The summed E-state index contributed by atoms with van der Waals surface area (Å²) < 4.78 is 18.8. The molecule has 0 spiro atoms. The van der Waals surface area contributed by atoms with Gasteiger partial charge in [-0.05, 0) is 49.2 Å². The summed E-state index contributed by atoms with van der Waals surface area (Å²) in [4.78, 5) is 24.3. The fraction of sp³-hybridized carbons (Fsp3) is 0.250. The molecule has 2 aromatic carbocycles. The molecule has 1 saturated heterocycles. The van der Waals surface area contributed by atoms with Crippen LogP contribution in [0.15, 0.2) is 72.2 Å². The third-order valence-electron chi connectivity index (χ3n) is 6.34. The van der Waals surface area contributed by atoms with Crippen molar-refractivity contribution >= 4 is 17.2 Å². The molecule has 0 radical (unpaired) electrons. The zero-order chi connectivity index (χ0) is 24.9. The Balaban J connectivity index is 1.11. The van der Waals surface area contributed by atoms with Crippen molar-refractivity contribution in [3.63, 3.8) is 0 Å². The van der Waals surface area contributed by atoms with Crippen LogP contribution >= 0.6 is 11.3 Å². The zero-order valence-corrected chi connectivity index (χ0v) is 20.8. The molecule has 0 atom stereocenters. The van der Waals surface area contributed by atoms with Gasteiger partial charge in [0.2, 0.25) is 0 Å². The number of amides is 1. The van der Waals surface area contributed by atoms with Gasteiger partial charge in [-0.3, -0.25) is 14.7 Å². The van der Waals surface area contributed by atoms with Crippen molar-refractivity contribution in [2.75, 3.05) is 20.2 Å². The summed E-state index contributed by atoms with van der Waals surface area (Å²) in [5, 5.41) is 6.30. The Morgan fingerprint density at radius 3 is 2.58 bits per heavy atom. The van der Waals surface area contributed by atoms with Crippen molar-refractivity contribution in [1.29, 1.82) is 0 Å². The molecule has 0 aliphatic carbocycles. The van der Waals surface area contributed by atoms with E-state index in [9.17, 15) is 9.18 Å². The van der Waals surface area contributed by atoms with Crippen molar-refractivity contribution in [3.05, 3.63) is 88.6 Å². The number of thiazole rings is 1. The van der Waals surface area contributed by atoms with Crippen LogP contribution in [0.5, 0.6) is 5.75 Å². The van der Waals surface area contributed by atoms with Gasteiger partial charge in [0.1, 0.15) is 16.6 Å². The summed E-state index contributed by atoms with van der Waals surface area (Å²) in [6, 6.07) is 17.8. The number of hydrogen-bond acceptors (Lipinski definition) is 6. The summed E-state index contributed by atoms with van der Waals surface area (Å²) >= 11 is 1.67.